The smallest absolute Gasteiger partial charge is 0.261 e. The van der Waals surface area contributed by atoms with Crippen molar-refractivity contribution >= 4 is 17.7 Å². The summed E-state index contributed by atoms with van der Waals surface area (Å²) in [5.74, 6) is 0.176. The number of carbonyl (C=O) groups excluding carboxylic acids is 3. The van der Waals surface area contributed by atoms with Crippen LogP contribution in [0.2, 0.25) is 0 Å². The molecule has 3 aromatic rings. The number of imide groups is 1. The van der Waals surface area contributed by atoms with Gasteiger partial charge in [0, 0.05) is 12.6 Å². The standard InChI is InChI=1S/C24H22N2O5/c1-16-5-8-18(9-6-16)31-13-11-25(2)22(27)17-7-10-20-21(14-17)24(29)26(23(20)28)15-19-4-3-12-30-19/h3-10,12,14H,11,13,15H2,1-2H3. The maximum atomic E-state index is 12.8. The first-order valence-corrected chi connectivity index (χ1v) is 9.91. The molecule has 0 atom stereocenters. The molecule has 0 fully saturated rings. The SMILES string of the molecule is Cc1ccc(OCCN(C)C(=O)c2ccc3c(c2)C(=O)N(Cc2ccco2)C3=O)cc1. The fourth-order valence-corrected chi connectivity index (χ4v) is 3.38. The van der Waals surface area contributed by atoms with Crippen LogP contribution in [0, 0.1) is 6.92 Å². The van der Waals surface area contributed by atoms with E-state index in [1.165, 1.54) is 23.3 Å². The summed E-state index contributed by atoms with van der Waals surface area (Å²) in [5, 5.41) is 0. The van der Waals surface area contributed by atoms with E-state index in [4.69, 9.17) is 9.15 Å². The lowest BCUT2D eigenvalue weighted by atomic mass is 10.1. The number of furan rings is 1. The molecule has 0 bridgehead atoms. The van der Waals surface area contributed by atoms with Gasteiger partial charge in [-0.2, -0.15) is 0 Å². The Morgan fingerprint density at radius 2 is 1.77 bits per heavy atom. The van der Waals surface area contributed by atoms with Crippen LogP contribution in [0.25, 0.3) is 0 Å². The van der Waals surface area contributed by atoms with Crippen LogP contribution in [-0.4, -0.2) is 47.7 Å². The zero-order valence-electron chi connectivity index (χ0n) is 17.3. The Labute approximate surface area is 179 Å². The van der Waals surface area contributed by atoms with Crippen molar-refractivity contribution < 1.29 is 23.5 Å². The molecule has 0 N–H and O–H groups in total. The highest BCUT2D eigenvalue weighted by atomic mass is 16.5. The number of fused-ring (bicyclic) bond motifs is 1. The third-order valence-electron chi connectivity index (χ3n) is 5.17. The van der Waals surface area contributed by atoms with Crippen molar-refractivity contribution in [3.05, 3.63) is 88.9 Å². The van der Waals surface area contributed by atoms with Crippen molar-refractivity contribution in [2.75, 3.05) is 20.2 Å². The van der Waals surface area contributed by atoms with Crippen LogP contribution in [0.3, 0.4) is 0 Å². The molecular weight excluding hydrogens is 396 g/mol. The van der Waals surface area contributed by atoms with Crippen molar-refractivity contribution in [3.63, 3.8) is 0 Å². The van der Waals surface area contributed by atoms with Gasteiger partial charge in [0.1, 0.15) is 18.1 Å². The number of aryl methyl sites for hydroxylation is 1. The Morgan fingerprint density at radius 1 is 1.03 bits per heavy atom. The minimum atomic E-state index is -0.434. The Hall–Kier alpha value is -3.87. The van der Waals surface area contributed by atoms with Crippen LogP contribution in [0.4, 0.5) is 0 Å². The summed E-state index contributed by atoms with van der Waals surface area (Å²) in [6, 6.07) is 15.7. The van der Waals surface area contributed by atoms with Gasteiger partial charge in [0.2, 0.25) is 0 Å². The minimum absolute atomic E-state index is 0.0544. The van der Waals surface area contributed by atoms with Crippen molar-refractivity contribution in [3.8, 4) is 5.75 Å². The van der Waals surface area contributed by atoms with Crippen molar-refractivity contribution in [2.24, 2.45) is 0 Å². The van der Waals surface area contributed by atoms with Gasteiger partial charge in [-0.3, -0.25) is 19.3 Å². The summed E-state index contributed by atoms with van der Waals surface area (Å²) in [6.45, 7) is 2.77. The molecule has 158 valence electrons. The molecule has 0 saturated heterocycles. The lowest BCUT2D eigenvalue weighted by molar-refractivity contribution is 0.0631. The quantitative estimate of drug-likeness (QED) is 0.549. The van der Waals surface area contributed by atoms with Crippen LogP contribution in [0.1, 0.15) is 42.4 Å². The van der Waals surface area contributed by atoms with E-state index in [1.54, 1.807) is 25.2 Å². The summed E-state index contributed by atoms with van der Waals surface area (Å²) < 4.78 is 10.9. The fraction of sp³-hybridized carbons (Fsp3) is 0.208. The second-order valence-corrected chi connectivity index (χ2v) is 7.42. The summed E-state index contributed by atoms with van der Waals surface area (Å²) in [5.41, 5.74) is 2.01. The normalized spacial score (nSPS) is 12.8. The average molecular weight is 418 g/mol. The highest BCUT2D eigenvalue weighted by Gasteiger charge is 2.36. The van der Waals surface area contributed by atoms with E-state index in [0.29, 0.717) is 30.0 Å². The number of hydrogen-bond acceptors (Lipinski definition) is 5. The number of carbonyl (C=O) groups is 3. The first-order valence-electron chi connectivity index (χ1n) is 9.91. The zero-order valence-corrected chi connectivity index (χ0v) is 17.3. The molecule has 0 unspecified atom stereocenters. The van der Waals surface area contributed by atoms with Crippen LogP contribution in [0.15, 0.2) is 65.3 Å². The van der Waals surface area contributed by atoms with E-state index < -0.39 is 11.8 Å². The number of benzene rings is 2. The van der Waals surface area contributed by atoms with Gasteiger partial charge >= 0.3 is 0 Å². The summed E-state index contributed by atoms with van der Waals surface area (Å²) in [6.07, 6.45) is 1.49. The Bertz CT molecular complexity index is 1120. The minimum Gasteiger partial charge on any atom is -0.492 e. The second-order valence-electron chi connectivity index (χ2n) is 7.42. The first kappa shape index (κ1) is 20.4. The Balaban J connectivity index is 1.41. The maximum Gasteiger partial charge on any atom is 0.261 e. The molecule has 1 aliphatic rings. The van der Waals surface area contributed by atoms with Gasteiger partial charge in [-0.25, -0.2) is 0 Å². The van der Waals surface area contributed by atoms with Gasteiger partial charge in [0.05, 0.1) is 30.5 Å². The summed E-state index contributed by atoms with van der Waals surface area (Å²) in [4.78, 5) is 40.8. The van der Waals surface area contributed by atoms with Gasteiger partial charge in [0.25, 0.3) is 17.7 Å². The molecule has 7 nitrogen and oxygen atoms in total. The average Bonchev–Trinajstić information content (AvgIpc) is 3.37. The molecule has 1 aliphatic heterocycles. The molecule has 0 aliphatic carbocycles. The third kappa shape index (κ3) is 4.21. The predicted octanol–water partition coefficient (Wildman–Crippen LogP) is 3.54. The lowest BCUT2D eigenvalue weighted by Crippen LogP contribution is -2.31. The highest BCUT2D eigenvalue weighted by Crippen LogP contribution is 2.26. The fourth-order valence-electron chi connectivity index (χ4n) is 3.38. The predicted molar refractivity (Wildman–Crippen MR) is 113 cm³/mol. The van der Waals surface area contributed by atoms with Crippen LogP contribution in [-0.2, 0) is 6.54 Å². The first-order chi connectivity index (χ1) is 14.9. The van der Waals surface area contributed by atoms with Gasteiger partial charge in [-0.1, -0.05) is 17.7 Å². The topological polar surface area (TPSA) is 80.1 Å². The van der Waals surface area contributed by atoms with E-state index in [1.807, 2.05) is 31.2 Å². The second kappa shape index (κ2) is 8.47. The van der Waals surface area contributed by atoms with E-state index in [2.05, 4.69) is 0 Å². The van der Waals surface area contributed by atoms with Crippen LogP contribution < -0.4 is 4.74 Å². The van der Waals surface area contributed by atoms with Gasteiger partial charge < -0.3 is 14.1 Å². The Kier molecular flexibility index (Phi) is 5.58. The van der Waals surface area contributed by atoms with Gasteiger partial charge in [-0.05, 0) is 49.4 Å². The van der Waals surface area contributed by atoms with Crippen molar-refractivity contribution in [1.82, 2.24) is 9.80 Å². The van der Waals surface area contributed by atoms with E-state index in [-0.39, 0.29) is 18.0 Å². The third-order valence-corrected chi connectivity index (χ3v) is 5.17. The molecular formula is C24H22N2O5. The number of rotatable bonds is 7. The molecule has 1 aromatic heterocycles. The molecule has 0 radical (unpaired) electrons. The number of hydrogen-bond donors (Lipinski definition) is 0. The van der Waals surface area contributed by atoms with Crippen molar-refractivity contribution in [1.29, 1.82) is 0 Å². The van der Waals surface area contributed by atoms with E-state index >= 15 is 0 Å². The molecule has 0 saturated carbocycles. The van der Waals surface area contributed by atoms with Crippen LogP contribution >= 0.6 is 0 Å². The largest absolute Gasteiger partial charge is 0.492 e. The molecule has 31 heavy (non-hydrogen) atoms. The molecule has 0 spiro atoms. The molecule has 2 heterocycles. The Morgan fingerprint density at radius 3 is 2.48 bits per heavy atom. The highest BCUT2D eigenvalue weighted by molar-refractivity contribution is 6.22. The number of amides is 3. The van der Waals surface area contributed by atoms with Gasteiger partial charge in [-0.15, -0.1) is 0 Å². The number of nitrogens with zero attached hydrogens (tertiary/aromatic N) is 2. The summed E-state index contributed by atoms with van der Waals surface area (Å²) in [7, 11) is 1.67. The van der Waals surface area contributed by atoms with E-state index in [9.17, 15) is 14.4 Å². The molecule has 7 heteroatoms. The number of ether oxygens (including phenoxy) is 1. The van der Waals surface area contributed by atoms with E-state index in [0.717, 1.165) is 16.2 Å². The maximum absolute atomic E-state index is 12.8. The lowest BCUT2D eigenvalue weighted by Gasteiger charge is -2.18. The molecule has 4 rings (SSSR count). The van der Waals surface area contributed by atoms with Crippen molar-refractivity contribution in [2.45, 2.75) is 13.5 Å². The molecule has 3 amide bonds. The summed E-state index contributed by atoms with van der Waals surface area (Å²) >= 11 is 0. The van der Waals surface area contributed by atoms with Gasteiger partial charge in [0.15, 0.2) is 0 Å². The van der Waals surface area contributed by atoms with Crippen LogP contribution in [0.5, 0.6) is 5.75 Å². The zero-order chi connectivity index (χ0) is 22.0. The number of likely N-dealkylation sites (N-methyl/N-ethyl adjacent to an activating group) is 1. The monoisotopic (exact) mass is 418 g/mol. The molecule has 2 aromatic carbocycles.